The van der Waals surface area contributed by atoms with Crippen molar-refractivity contribution < 1.29 is 0 Å². The largest absolute Gasteiger partial charge is 0.314 e. The highest BCUT2D eigenvalue weighted by atomic mass is 15.0. The van der Waals surface area contributed by atoms with Gasteiger partial charge in [0, 0.05) is 5.54 Å². The van der Waals surface area contributed by atoms with Crippen molar-refractivity contribution in [2.24, 2.45) is 5.92 Å². The fraction of sp³-hybridized carbons (Fsp3) is 1.00. The second-order valence-corrected chi connectivity index (χ2v) is 2.85. The van der Waals surface area contributed by atoms with Gasteiger partial charge in [0.2, 0.25) is 0 Å². The van der Waals surface area contributed by atoms with E-state index in [0.717, 1.165) is 5.92 Å². The van der Waals surface area contributed by atoms with Crippen molar-refractivity contribution in [3.63, 3.8) is 0 Å². The third-order valence-electron chi connectivity index (χ3n) is 2.67. The van der Waals surface area contributed by atoms with E-state index in [1.807, 2.05) is 0 Å². The normalized spacial score (nSPS) is 55.3. The molecule has 0 bridgehead atoms. The zero-order chi connectivity index (χ0) is 4.91. The quantitative estimate of drug-likeness (QED) is 0.509. The Hall–Kier alpha value is -0.0400. The molecule has 2 atom stereocenters. The zero-order valence-electron chi connectivity index (χ0n) is 4.70. The molecular weight excluding hydrogens is 86.1 g/mol. The minimum absolute atomic E-state index is 0.681. The van der Waals surface area contributed by atoms with Crippen LogP contribution in [0.25, 0.3) is 0 Å². The molecule has 0 saturated heterocycles. The highest BCUT2D eigenvalue weighted by Crippen LogP contribution is 2.59. The highest BCUT2D eigenvalue weighted by Gasteiger charge is 2.59. The van der Waals surface area contributed by atoms with Crippen molar-refractivity contribution in [2.75, 3.05) is 7.05 Å². The van der Waals surface area contributed by atoms with Gasteiger partial charge in [0.25, 0.3) is 0 Å². The Kier molecular flexibility index (Phi) is 0.487. The lowest BCUT2D eigenvalue weighted by Crippen LogP contribution is -2.35. The molecule has 0 radical (unpaired) electrons. The first-order chi connectivity index (χ1) is 3.37. The Morgan fingerprint density at radius 2 is 2.57 bits per heavy atom. The van der Waals surface area contributed by atoms with Crippen molar-refractivity contribution >= 4 is 0 Å². The van der Waals surface area contributed by atoms with Crippen LogP contribution in [0.2, 0.25) is 0 Å². The maximum atomic E-state index is 3.35. The molecule has 2 rings (SSSR count). The molecule has 2 saturated carbocycles. The minimum Gasteiger partial charge on any atom is -0.314 e. The summed E-state index contributed by atoms with van der Waals surface area (Å²) in [6.45, 7) is 0. The maximum Gasteiger partial charge on any atom is 0.0210 e. The highest BCUT2D eigenvalue weighted by molar-refractivity contribution is 5.17. The SMILES string of the molecule is CN[C@@]12CCC1C2. The summed E-state index contributed by atoms with van der Waals surface area (Å²) >= 11 is 0. The molecule has 0 spiro atoms. The monoisotopic (exact) mass is 97.1 g/mol. The van der Waals surface area contributed by atoms with E-state index in [9.17, 15) is 0 Å². The molecule has 1 nitrogen and oxygen atoms in total. The third-order valence-corrected chi connectivity index (χ3v) is 2.67. The van der Waals surface area contributed by atoms with Gasteiger partial charge in [-0.15, -0.1) is 0 Å². The first-order valence-electron chi connectivity index (χ1n) is 3.06. The third kappa shape index (κ3) is 0.290. The number of rotatable bonds is 1. The van der Waals surface area contributed by atoms with Gasteiger partial charge in [-0.2, -0.15) is 0 Å². The summed E-state index contributed by atoms with van der Waals surface area (Å²) in [6, 6.07) is 0. The van der Waals surface area contributed by atoms with Crippen LogP contribution in [-0.2, 0) is 0 Å². The van der Waals surface area contributed by atoms with E-state index in [1.165, 1.54) is 19.3 Å². The molecule has 0 aromatic carbocycles. The van der Waals surface area contributed by atoms with Crippen molar-refractivity contribution in [3.05, 3.63) is 0 Å². The predicted octanol–water partition coefficient (Wildman–Crippen LogP) is 0.758. The summed E-state index contributed by atoms with van der Waals surface area (Å²) in [5, 5.41) is 3.35. The van der Waals surface area contributed by atoms with Gasteiger partial charge in [-0.25, -0.2) is 0 Å². The summed E-state index contributed by atoms with van der Waals surface area (Å²) in [5.41, 5.74) is 0.681. The van der Waals surface area contributed by atoms with E-state index in [4.69, 9.17) is 0 Å². The molecule has 2 aliphatic carbocycles. The van der Waals surface area contributed by atoms with Crippen molar-refractivity contribution in [2.45, 2.75) is 24.8 Å². The minimum atomic E-state index is 0.681. The van der Waals surface area contributed by atoms with Gasteiger partial charge in [-0.3, -0.25) is 0 Å². The van der Waals surface area contributed by atoms with E-state index in [0.29, 0.717) is 5.54 Å². The molecular formula is C6H11N. The summed E-state index contributed by atoms with van der Waals surface area (Å²) in [7, 11) is 2.08. The van der Waals surface area contributed by atoms with Crippen LogP contribution >= 0.6 is 0 Å². The molecule has 2 fully saturated rings. The molecule has 0 aromatic heterocycles. The van der Waals surface area contributed by atoms with Gasteiger partial charge in [-0.05, 0) is 32.2 Å². The molecule has 1 unspecified atom stereocenters. The first kappa shape index (κ1) is 3.90. The van der Waals surface area contributed by atoms with Crippen LogP contribution in [-0.4, -0.2) is 12.6 Å². The Morgan fingerprint density at radius 3 is 2.57 bits per heavy atom. The molecule has 0 heterocycles. The van der Waals surface area contributed by atoms with Crippen LogP contribution in [0.1, 0.15) is 19.3 Å². The molecule has 0 aromatic rings. The summed E-state index contributed by atoms with van der Waals surface area (Å²) in [4.78, 5) is 0. The van der Waals surface area contributed by atoms with Gasteiger partial charge >= 0.3 is 0 Å². The lowest BCUT2D eigenvalue weighted by atomic mass is 9.93. The average molecular weight is 97.2 g/mol. The van der Waals surface area contributed by atoms with E-state index in [2.05, 4.69) is 12.4 Å². The van der Waals surface area contributed by atoms with Crippen LogP contribution in [0, 0.1) is 5.92 Å². The molecule has 1 N–H and O–H groups in total. The van der Waals surface area contributed by atoms with Crippen molar-refractivity contribution in [1.82, 2.24) is 5.32 Å². The molecule has 0 aliphatic heterocycles. The van der Waals surface area contributed by atoms with E-state index in [1.54, 1.807) is 0 Å². The van der Waals surface area contributed by atoms with Crippen LogP contribution in [0.3, 0.4) is 0 Å². The lowest BCUT2D eigenvalue weighted by molar-refractivity contribution is 0.343. The summed E-state index contributed by atoms with van der Waals surface area (Å²) in [6.07, 6.45) is 4.39. The van der Waals surface area contributed by atoms with Gasteiger partial charge in [-0.1, -0.05) is 0 Å². The van der Waals surface area contributed by atoms with Crippen molar-refractivity contribution in [1.29, 1.82) is 0 Å². The Bertz CT molecular complexity index is 90.8. The van der Waals surface area contributed by atoms with Crippen molar-refractivity contribution in [3.8, 4) is 0 Å². The lowest BCUT2D eigenvalue weighted by Gasteiger charge is -2.23. The number of fused-ring (bicyclic) bond motifs is 1. The number of hydrogen-bond donors (Lipinski definition) is 1. The smallest absolute Gasteiger partial charge is 0.0210 e. The maximum absolute atomic E-state index is 3.35. The second kappa shape index (κ2) is 0.873. The van der Waals surface area contributed by atoms with Crippen LogP contribution in [0.5, 0.6) is 0 Å². The average Bonchev–Trinajstić information content (AvgIpc) is 2.12. The fourth-order valence-corrected chi connectivity index (χ4v) is 1.71. The zero-order valence-corrected chi connectivity index (χ0v) is 4.70. The van der Waals surface area contributed by atoms with Crippen LogP contribution in [0.4, 0.5) is 0 Å². The van der Waals surface area contributed by atoms with Gasteiger partial charge in [0.15, 0.2) is 0 Å². The molecule has 0 amide bonds. The van der Waals surface area contributed by atoms with Crippen LogP contribution in [0.15, 0.2) is 0 Å². The van der Waals surface area contributed by atoms with E-state index in [-0.39, 0.29) is 0 Å². The van der Waals surface area contributed by atoms with E-state index < -0.39 is 0 Å². The van der Waals surface area contributed by atoms with E-state index >= 15 is 0 Å². The second-order valence-electron chi connectivity index (χ2n) is 2.85. The topological polar surface area (TPSA) is 12.0 Å². The van der Waals surface area contributed by atoms with Gasteiger partial charge < -0.3 is 5.32 Å². The predicted molar refractivity (Wildman–Crippen MR) is 29.1 cm³/mol. The number of nitrogens with one attached hydrogen (secondary N) is 1. The number of hydrogen-bond acceptors (Lipinski definition) is 1. The summed E-state index contributed by atoms with van der Waals surface area (Å²) in [5.74, 6) is 1.08. The van der Waals surface area contributed by atoms with Crippen LogP contribution < -0.4 is 5.32 Å². The first-order valence-corrected chi connectivity index (χ1v) is 3.06. The summed E-state index contributed by atoms with van der Waals surface area (Å²) < 4.78 is 0. The standard InChI is InChI=1S/C6H11N/c1-7-6-3-2-5(6)4-6/h5,7H,2-4H2,1H3/t5?,6-/m1/s1. The Labute approximate surface area is 44.1 Å². The Balaban J connectivity index is 2.06. The molecule has 40 valence electrons. The molecule has 2 aliphatic rings. The Morgan fingerprint density at radius 1 is 1.71 bits per heavy atom. The molecule has 7 heavy (non-hydrogen) atoms. The fourth-order valence-electron chi connectivity index (χ4n) is 1.71. The van der Waals surface area contributed by atoms with Gasteiger partial charge in [0.1, 0.15) is 0 Å². The van der Waals surface area contributed by atoms with Gasteiger partial charge in [0.05, 0.1) is 0 Å². The molecule has 1 heteroatoms.